The summed E-state index contributed by atoms with van der Waals surface area (Å²) in [6.07, 6.45) is 0.646. The summed E-state index contributed by atoms with van der Waals surface area (Å²) in [5.41, 5.74) is 0.997. The van der Waals surface area contributed by atoms with E-state index in [0.717, 1.165) is 5.69 Å². The van der Waals surface area contributed by atoms with Gasteiger partial charge in [0.15, 0.2) is 0 Å². The van der Waals surface area contributed by atoms with Gasteiger partial charge in [0.1, 0.15) is 6.61 Å². The van der Waals surface area contributed by atoms with Gasteiger partial charge >= 0.3 is 0 Å². The number of aromatic nitrogens is 1. The molecule has 2 aliphatic rings. The SMILES string of the molecule is Cc1cc(C(=O)N2CC[C@@]3(C)OCC(=O)N(c4ccccc4)[C@@H]3C2)on1. The molecule has 2 fully saturated rings. The van der Waals surface area contributed by atoms with Crippen LogP contribution >= 0.6 is 0 Å². The van der Waals surface area contributed by atoms with Gasteiger partial charge in [0.25, 0.3) is 11.8 Å². The number of ether oxygens (including phenoxy) is 1. The first-order chi connectivity index (χ1) is 12.5. The van der Waals surface area contributed by atoms with Crippen LogP contribution in [-0.2, 0) is 9.53 Å². The summed E-state index contributed by atoms with van der Waals surface area (Å²) < 4.78 is 11.0. The van der Waals surface area contributed by atoms with Crippen molar-refractivity contribution in [1.82, 2.24) is 10.1 Å². The zero-order chi connectivity index (χ0) is 18.3. The standard InChI is InChI=1S/C19H21N3O4/c1-13-10-15(26-20-13)18(24)21-9-8-19(2)16(11-21)22(17(23)12-25-19)14-6-4-3-5-7-14/h3-7,10,16H,8-9,11-12H2,1-2H3/t16-,19-/m1/s1. The molecule has 0 bridgehead atoms. The maximum Gasteiger partial charge on any atom is 0.292 e. The van der Waals surface area contributed by atoms with E-state index in [9.17, 15) is 9.59 Å². The van der Waals surface area contributed by atoms with Gasteiger partial charge in [-0.05, 0) is 32.4 Å². The summed E-state index contributed by atoms with van der Waals surface area (Å²) in [6.45, 7) is 4.77. The van der Waals surface area contributed by atoms with Crippen LogP contribution < -0.4 is 4.90 Å². The Kier molecular flexibility index (Phi) is 4.03. The van der Waals surface area contributed by atoms with Gasteiger partial charge in [-0.15, -0.1) is 0 Å². The first-order valence-electron chi connectivity index (χ1n) is 8.71. The molecule has 1 aromatic heterocycles. The molecule has 2 saturated heterocycles. The number of likely N-dealkylation sites (tertiary alicyclic amines) is 1. The number of carbonyl (C=O) groups excluding carboxylic acids is 2. The molecule has 1 aromatic carbocycles. The molecular formula is C19H21N3O4. The number of fused-ring (bicyclic) bond motifs is 1. The Labute approximate surface area is 151 Å². The summed E-state index contributed by atoms with van der Waals surface area (Å²) >= 11 is 0. The fourth-order valence-electron chi connectivity index (χ4n) is 3.73. The number of nitrogens with zero attached hydrogens (tertiary/aromatic N) is 3. The number of amides is 2. The molecule has 136 valence electrons. The Morgan fingerprint density at radius 2 is 2.08 bits per heavy atom. The third kappa shape index (κ3) is 2.78. The van der Waals surface area contributed by atoms with Crippen LogP contribution in [0.25, 0.3) is 0 Å². The van der Waals surface area contributed by atoms with E-state index >= 15 is 0 Å². The van der Waals surface area contributed by atoms with E-state index in [1.54, 1.807) is 22.8 Å². The number of hydrogen-bond acceptors (Lipinski definition) is 5. The molecule has 2 aromatic rings. The van der Waals surface area contributed by atoms with Crippen molar-refractivity contribution in [3.05, 3.63) is 47.9 Å². The Hall–Kier alpha value is -2.67. The zero-order valence-electron chi connectivity index (χ0n) is 14.8. The highest BCUT2D eigenvalue weighted by molar-refractivity contribution is 5.96. The normalized spacial score (nSPS) is 25.9. The summed E-state index contributed by atoms with van der Waals surface area (Å²) in [5.74, 6) is -0.0809. The molecule has 0 saturated carbocycles. The molecule has 0 spiro atoms. The number of benzene rings is 1. The van der Waals surface area contributed by atoms with Crippen LogP contribution in [0.1, 0.15) is 29.6 Å². The molecular weight excluding hydrogens is 334 g/mol. The third-order valence-electron chi connectivity index (χ3n) is 5.24. The third-order valence-corrected chi connectivity index (χ3v) is 5.24. The molecule has 2 amide bonds. The number of piperidine rings is 1. The minimum absolute atomic E-state index is 0.0527. The van der Waals surface area contributed by atoms with E-state index < -0.39 is 5.60 Å². The minimum Gasteiger partial charge on any atom is -0.363 e. The molecule has 26 heavy (non-hydrogen) atoms. The minimum atomic E-state index is -0.488. The lowest BCUT2D eigenvalue weighted by Crippen LogP contribution is -2.68. The molecule has 7 nitrogen and oxygen atoms in total. The average Bonchev–Trinajstić information content (AvgIpc) is 3.08. The number of para-hydroxylation sites is 1. The Bertz CT molecular complexity index is 834. The van der Waals surface area contributed by atoms with Crippen LogP contribution in [0.15, 0.2) is 40.9 Å². The maximum absolute atomic E-state index is 12.8. The number of morpholine rings is 1. The summed E-state index contributed by atoms with van der Waals surface area (Å²) in [5, 5.41) is 3.79. The van der Waals surface area contributed by atoms with Crippen molar-refractivity contribution in [1.29, 1.82) is 0 Å². The molecule has 0 unspecified atom stereocenters. The van der Waals surface area contributed by atoms with Crippen LogP contribution in [0, 0.1) is 6.92 Å². The lowest BCUT2D eigenvalue weighted by Gasteiger charge is -2.52. The second kappa shape index (κ2) is 6.25. The average molecular weight is 355 g/mol. The molecule has 4 rings (SSSR count). The summed E-state index contributed by atoms with van der Waals surface area (Å²) in [4.78, 5) is 28.9. The first kappa shape index (κ1) is 16.8. The van der Waals surface area contributed by atoms with Gasteiger partial charge in [0.2, 0.25) is 5.76 Å². The van der Waals surface area contributed by atoms with Gasteiger partial charge in [-0.3, -0.25) is 9.59 Å². The Morgan fingerprint density at radius 3 is 2.77 bits per heavy atom. The predicted molar refractivity (Wildman–Crippen MR) is 93.8 cm³/mol. The van der Waals surface area contributed by atoms with Crippen LogP contribution in [-0.4, -0.2) is 53.2 Å². The van der Waals surface area contributed by atoms with E-state index in [4.69, 9.17) is 9.26 Å². The number of rotatable bonds is 2. The largest absolute Gasteiger partial charge is 0.363 e. The highest BCUT2D eigenvalue weighted by Crippen LogP contribution is 2.36. The van der Waals surface area contributed by atoms with Gasteiger partial charge < -0.3 is 19.1 Å². The highest BCUT2D eigenvalue weighted by Gasteiger charge is 2.50. The topological polar surface area (TPSA) is 75.9 Å². The van der Waals surface area contributed by atoms with Gasteiger partial charge in [0.05, 0.1) is 17.3 Å². The maximum atomic E-state index is 12.8. The highest BCUT2D eigenvalue weighted by atomic mass is 16.5. The van der Waals surface area contributed by atoms with Crippen LogP contribution in [0.4, 0.5) is 5.69 Å². The van der Waals surface area contributed by atoms with E-state index in [2.05, 4.69) is 5.16 Å². The second-order valence-electron chi connectivity index (χ2n) is 7.05. The summed E-state index contributed by atoms with van der Waals surface area (Å²) in [6, 6.07) is 10.9. The number of hydrogen-bond donors (Lipinski definition) is 0. The van der Waals surface area contributed by atoms with E-state index in [-0.39, 0.29) is 30.2 Å². The lowest BCUT2D eigenvalue weighted by atomic mass is 9.85. The van der Waals surface area contributed by atoms with E-state index in [1.807, 2.05) is 37.3 Å². The molecule has 2 aliphatic heterocycles. The van der Waals surface area contributed by atoms with Crippen LogP contribution in [0.2, 0.25) is 0 Å². The van der Waals surface area contributed by atoms with Crippen molar-refractivity contribution in [3.8, 4) is 0 Å². The van der Waals surface area contributed by atoms with Crippen molar-refractivity contribution in [2.45, 2.75) is 31.9 Å². The van der Waals surface area contributed by atoms with Crippen molar-refractivity contribution in [3.63, 3.8) is 0 Å². The van der Waals surface area contributed by atoms with Crippen molar-refractivity contribution >= 4 is 17.5 Å². The van der Waals surface area contributed by atoms with Crippen molar-refractivity contribution in [2.75, 3.05) is 24.6 Å². The van der Waals surface area contributed by atoms with Crippen LogP contribution in [0.3, 0.4) is 0 Å². The lowest BCUT2D eigenvalue weighted by molar-refractivity contribution is -0.149. The number of carbonyl (C=O) groups is 2. The molecule has 0 N–H and O–H groups in total. The Balaban J connectivity index is 1.64. The fraction of sp³-hybridized carbons (Fsp3) is 0.421. The quantitative estimate of drug-likeness (QED) is 0.824. The smallest absolute Gasteiger partial charge is 0.292 e. The molecule has 0 radical (unpaired) electrons. The van der Waals surface area contributed by atoms with E-state index in [0.29, 0.717) is 25.2 Å². The number of anilines is 1. The number of aryl methyl sites for hydroxylation is 1. The fourth-order valence-corrected chi connectivity index (χ4v) is 3.73. The molecule has 2 atom stereocenters. The summed E-state index contributed by atoms with van der Waals surface area (Å²) in [7, 11) is 0. The van der Waals surface area contributed by atoms with Gasteiger partial charge in [-0.25, -0.2) is 0 Å². The molecule has 0 aliphatic carbocycles. The Morgan fingerprint density at radius 1 is 1.31 bits per heavy atom. The van der Waals surface area contributed by atoms with Crippen LogP contribution in [0.5, 0.6) is 0 Å². The first-order valence-corrected chi connectivity index (χ1v) is 8.71. The van der Waals surface area contributed by atoms with E-state index in [1.165, 1.54) is 0 Å². The van der Waals surface area contributed by atoms with Crippen molar-refractivity contribution in [2.24, 2.45) is 0 Å². The molecule has 7 heteroatoms. The second-order valence-corrected chi connectivity index (χ2v) is 7.05. The van der Waals surface area contributed by atoms with Gasteiger partial charge in [-0.1, -0.05) is 23.4 Å². The van der Waals surface area contributed by atoms with Gasteiger partial charge in [0, 0.05) is 24.8 Å². The molecule has 3 heterocycles. The van der Waals surface area contributed by atoms with Crippen molar-refractivity contribution < 1.29 is 18.8 Å². The monoisotopic (exact) mass is 355 g/mol. The predicted octanol–water partition coefficient (Wildman–Crippen LogP) is 2.02. The zero-order valence-corrected chi connectivity index (χ0v) is 14.8. The van der Waals surface area contributed by atoms with Gasteiger partial charge in [-0.2, -0.15) is 0 Å².